The Morgan fingerprint density at radius 1 is 1.08 bits per heavy atom. The minimum Gasteiger partial charge on any atom is -0.491 e. The van der Waals surface area contributed by atoms with E-state index in [0.717, 1.165) is 23.2 Å². The first kappa shape index (κ1) is 22.6. The zero-order valence-electron chi connectivity index (χ0n) is 15.2. The van der Waals surface area contributed by atoms with Gasteiger partial charge in [0.25, 0.3) is 5.69 Å². The van der Waals surface area contributed by atoms with Gasteiger partial charge in [-0.1, -0.05) is 24.0 Å². The van der Waals surface area contributed by atoms with Crippen LogP contribution >= 0.6 is 24.0 Å². The van der Waals surface area contributed by atoms with Gasteiger partial charge in [0, 0.05) is 31.0 Å². The zero-order valence-corrected chi connectivity index (χ0v) is 16.9. The van der Waals surface area contributed by atoms with Crippen LogP contribution in [0.15, 0.2) is 24.3 Å². The van der Waals surface area contributed by atoms with Crippen molar-refractivity contribution in [2.75, 3.05) is 51.9 Å². The van der Waals surface area contributed by atoms with Gasteiger partial charge in [-0.25, -0.2) is 0 Å². The molecule has 0 aliphatic rings. The zero-order chi connectivity index (χ0) is 19.2. The summed E-state index contributed by atoms with van der Waals surface area (Å²) < 4.78 is 17.3. The highest BCUT2D eigenvalue weighted by atomic mass is 32.2. The highest BCUT2D eigenvalue weighted by Crippen LogP contribution is 2.17. The van der Waals surface area contributed by atoms with Gasteiger partial charge >= 0.3 is 0 Å². The van der Waals surface area contributed by atoms with Crippen LogP contribution in [0.1, 0.15) is 13.8 Å². The summed E-state index contributed by atoms with van der Waals surface area (Å²) in [4.78, 5) is 12.3. The fourth-order valence-electron chi connectivity index (χ4n) is 1.97. The van der Waals surface area contributed by atoms with Gasteiger partial charge < -0.3 is 19.1 Å². The number of hydrogen-bond acceptors (Lipinski definition) is 7. The maximum atomic E-state index is 10.6. The minimum atomic E-state index is -0.442. The van der Waals surface area contributed by atoms with Crippen molar-refractivity contribution in [3.8, 4) is 5.75 Å². The van der Waals surface area contributed by atoms with Gasteiger partial charge in [-0.15, -0.1) is 0 Å². The Labute approximate surface area is 164 Å². The maximum absolute atomic E-state index is 10.6. The second-order valence-corrected chi connectivity index (χ2v) is 6.84. The van der Waals surface area contributed by atoms with E-state index in [0.29, 0.717) is 38.8 Å². The summed E-state index contributed by atoms with van der Waals surface area (Å²) in [7, 11) is 0. The number of thioether (sulfide) groups is 1. The van der Waals surface area contributed by atoms with Gasteiger partial charge in [0.1, 0.15) is 16.7 Å². The number of nitro benzene ring substituents is 1. The summed E-state index contributed by atoms with van der Waals surface area (Å²) in [6.07, 6.45) is 0. The van der Waals surface area contributed by atoms with Crippen LogP contribution in [0.5, 0.6) is 5.75 Å². The van der Waals surface area contributed by atoms with Crippen LogP contribution in [-0.4, -0.2) is 66.0 Å². The van der Waals surface area contributed by atoms with Crippen molar-refractivity contribution < 1.29 is 19.1 Å². The Bertz CT molecular complexity index is 538. The molecule has 1 aromatic carbocycles. The summed E-state index contributed by atoms with van der Waals surface area (Å²) in [5, 5.41) is 10.6. The minimum absolute atomic E-state index is 0.0433. The molecule has 0 N–H and O–H groups in total. The second-order valence-electron chi connectivity index (χ2n) is 5.11. The lowest BCUT2D eigenvalue weighted by Crippen LogP contribution is -2.27. The molecule has 0 heterocycles. The van der Waals surface area contributed by atoms with Crippen LogP contribution in [0.2, 0.25) is 0 Å². The van der Waals surface area contributed by atoms with E-state index < -0.39 is 4.92 Å². The second kappa shape index (κ2) is 13.7. The fourth-order valence-corrected chi connectivity index (χ4v) is 3.29. The summed E-state index contributed by atoms with van der Waals surface area (Å²) in [6, 6.07) is 5.96. The van der Waals surface area contributed by atoms with Gasteiger partial charge in [0.15, 0.2) is 0 Å². The lowest BCUT2D eigenvalue weighted by Gasteiger charge is -2.20. The first-order valence-electron chi connectivity index (χ1n) is 8.52. The third-order valence-corrected chi connectivity index (χ3v) is 4.88. The topological polar surface area (TPSA) is 74.1 Å². The molecular formula is C17H26N2O5S2. The summed E-state index contributed by atoms with van der Waals surface area (Å²) in [5.41, 5.74) is 0.0433. The van der Waals surface area contributed by atoms with E-state index in [1.165, 1.54) is 12.1 Å². The Hall–Kier alpha value is -1.42. The SMILES string of the molecule is CCN(CC)C(=S)SCCOCCOCCOc1ccc([N+](=O)[O-])cc1. The third-order valence-electron chi connectivity index (χ3n) is 3.39. The number of non-ortho nitro benzene ring substituents is 1. The molecule has 0 bridgehead atoms. The molecule has 0 amide bonds. The summed E-state index contributed by atoms with van der Waals surface area (Å²) >= 11 is 6.98. The summed E-state index contributed by atoms with van der Waals surface area (Å²) in [5.74, 6) is 1.41. The molecule has 26 heavy (non-hydrogen) atoms. The van der Waals surface area contributed by atoms with Gasteiger partial charge in [-0.05, 0) is 26.0 Å². The van der Waals surface area contributed by atoms with E-state index in [4.69, 9.17) is 26.4 Å². The molecule has 0 saturated heterocycles. The van der Waals surface area contributed by atoms with Crippen molar-refractivity contribution >= 4 is 34.0 Å². The highest BCUT2D eigenvalue weighted by Gasteiger charge is 2.05. The Morgan fingerprint density at radius 2 is 1.65 bits per heavy atom. The summed E-state index contributed by atoms with van der Waals surface area (Å²) in [6.45, 7) is 8.51. The molecule has 0 aliphatic heterocycles. The molecule has 0 unspecified atom stereocenters. The normalized spacial score (nSPS) is 10.5. The number of benzene rings is 1. The molecule has 0 saturated carbocycles. The van der Waals surface area contributed by atoms with Gasteiger partial charge in [-0.3, -0.25) is 10.1 Å². The molecule has 0 atom stereocenters. The predicted molar refractivity (Wildman–Crippen MR) is 108 cm³/mol. The smallest absolute Gasteiger partial charge is 0.269 e. The number of nitro groups is 1. The predicted octanol–water partition coefficient (Wildman–Crippen LogP) is 3.37. The average Bonchev–Trinajstić information content (AvgIpc) is 2.64. The van der Waals surface area contributed by atoms with Crippen molar-refractivity contribution in [3.63, 3.8) is 0 Å². The van der Waals surface area contributed by atoms with Crippen molar-refractivity contribution in [1.29, 1.82) is 0 Å². The van der Waals surface area contributed by atoms with Crippen LogP contribution in [0.3, 0.4) is 0 Å². The van der Waals surface area contributed by atoms with Crippen LogP contribution in [0.25, 0.3) is 0 Å². The molecule has 0 radical (unpaired) electrons. The first-order valence-corrected chi connectivity index (χ1v) is 9.92. The van der Waals surface area contributed by atoms with E-state index in [1.807, 2.05) is 0 Å². The van der Waals surface area contributed by atoms with E-state index in [9.17, 15) is 10.1 Å². The molecule has 9 heteroatoms. The highest BCUT2D eigenvalue weighted by molar-refractivity contribution is 8.22. The third kappa shape index (κ3) is 9.33. The van der Waals surface area contributed by atoms with Crippen LogP contribution in [-0.2, 0) is 9.47 Å². The Kier molecular flexibility index (Phi) is 12.0. The fraction of sp³-hybridized carbons (Fsp3) is 0.588. The maximum Gasteiger partial charge on any atom is 0.269 e. The van der Waals surface area contributed by atoms with Crippen LogP contribution in [0.4, 0.5) is 5.69 Å². The quantitative estimate of drug-likeness (QED) is 0.215. The Morgan fingerprint density at radius 3 is 2.23 bits per heavy atom. The molecule has 146 valence electrons. The molecule has 0 spiro atoms. The van der Waals surface area contributed by atoms with Crippen LogP contribution < -0.4 is 4.74 Å². The van der Waals surface area contributed by atoms with Gasteiger partial charge in [-0.2, -0.15) is 0 Å². The van der Waals surface area contributed by atoms with E-state index >= 15 is 0 Å². The van der Waals surface area contributed by atoms with E-state index in [-0.39, 0.29) is 5.69 Å². The first-order chi connectivity index (χ1) is 12.6. The molecule has 1 aromatic rings. The van der Waals surface area contributed by atoms with Crippen molar-refractivity contribution in [2.45, 2.75) is 13.8 Å². The van der Waals surface area contributed by atoms with Gasteiger partial charge in [0.2, 0.25) is 0 Å². The standard InChI is InChI=1S/C17H26N2O5S2/c1-3-18(4-2)17(25)26-14-13-23-10-9-22-11-12-24-16-7-5-15(6-8-16)19(20)21/h5-8H,3-4,9-14H2,1-2H3. The monoisotopic (exact) mass is 402 g/mol. The van der Waals surface area contributed by atoms with Crippen molar-refractivity contribution in [3.05, 3.63) is 34.4 Å². The molecule has 0 aromatic heterocycles. The number of hydrogen-bond donors (Lipinski definition) is 0. The number of rotatable bonds is 13. The average molecular weight is 403 g/mol. The van der Waals surface area contributed by atoms with Crippen LogP contribution in [0, 0.1) is 10.1 Å². The van der Waals surface area contributed by atoms with Crippen molar-refractivity contribution in [2.24, 2.45) is 0 Å². The molecule has 7 nitrogen and oxygen atoms in total. The van der Waals surface area contributed by atoms with E-state index in [1.54, 1.807) is 23.9 Å². The van der Waals surface area contributed by atoms with Crippen molar-refractivity contribution in [1.82, 2.24) is 4.90 Å². The lowest BCUT2D eigenvalue weighted by atomic mass is 10.3. The number of thiocarbonyl (C=S) groups is 1. The van der Waals surface area contributed by atoms with E-state index in [2.05, 4.69) is 18.7 Å². The number of ether oxygens (including phenoxy) is 3. The lowest BCUT2D eigenvalue weighted by molar-refractivity contribution is -0.384. The largest absolute Gasteiger partial charge is 0.491 e. The Balaban J connectivity index is 1.96. The molecular weight excluding hydrogens is 376 g/mol. The van der Waals surface area contributed by atoms with Gasteiger partial charge in [0.05, 0.1) is 31.4 Å². The molecule has 0 fully saturated rings. The molecule has 1 rings (SSSR count). The molecule has 0 aliphatic carbocycles. The number of nitrogens with zero attached hydrogens (tertiary/aromatic N) is 2.